The Morgan fingerprint density at radius 3 is 2.50 bits per heavy atom. The zero-order chi connectivity index (χ0) is 20.3. The zero-order valence-corrected chi connectivity index (χ0v) is 17.2. The Bertz CT molecular complexity index is 969. The third kappa shape index (κ3) is 5.11. The van der Waals surface area contributed by atoms with Gasteiger partial charge >= 0.3 is 0 Å². The molecule has 0 radical (unpaired) electrons. The van der Waals surface area contributed by atoms with E-state index in [9.17, 15) is 17.6 Å². The van der Waals surface area contributed by atoms with Crippen molar-refractivity contribution in [2.75, 3.05) is 5.75 Å². The molecule has 1 aliphatic rings. The van der Waals surface area contributed by atoms with Crippen LogP contribution in [-0.4, -0.2) is 26.1 Å². The van der Waals surface area contributed by atoms with Crippen molar-refractivity contribution in [2.24, 2.45) is 5.92 Å². The van der Waals surface area contributed by atoms with Gasteiger partial charge in [-0.05, 0) is 74.4 Å². The fourth-order valence-electron chi connectivity index (χ4n) is 3.59. The minimum atomic E-state index is -3.31. The minimum absolute atomic E-state index is 0.0192. The summed E-state index contributed by atoms with van der Waals surface area (Å²) < 4.78 is 38.5. The maximum absolute atomic E-state index is 13.2. The Labute approximate surface area is 170 Å². The van der Waals surface area contributed by atoms with Crippen LogP contribution in [0.3, 0.4) is 0 Å². The Morgan fingerprint density at radius 1 is 1.14 bits per heavy atom. The van der Waals surface area contributed by atoms with Crippen molar-refractivity contribution in [3.8, 4) is 0 Å². The molecule has 1 N–H and O–H groups in total. The Kier molecular flexibility index (Phi) is 6.40. The summed E-state index contributed by atoms with van der Waals surface area (Å²) in [5.74, 6) is -0.643. The number of amides is 1. The number of carbonyl (C=O) groups excluding carboxylic acids is 1. The lowest BCUT2D eigenvalue weighted by Crippen LogP contribution is -2.38. The molecule has 0 aromatic heterocycles. The number of hydrogen-bond acceptors (Lipinski definition) is 3. The lowest BCUT2D eigenvalue weighted by Gasteiger charge is -2.29. The summed E-state index contributed by atoms with van der Waals surface area (Å²) in [6, 6.07) is 10.8. The highest BCUT2D eigenvalue weighted by Gasteiger charge is 2.27. The molecule has 0 saturated heterocycles. The third-order valence-corrected chi connectivity index (χ3v) is 7.34. The molecule has 1 amide bonds. The van der Waals surface area contributed by atoms with Crippen LogP contribution in [-0.2, 0) is 9.84 Å². The fraction of sp³-hybridized carbons (Fsp3) is 0.381. The van der Waals surface area contributed by atoms with Gasteiger partial charge in [-0.15, -0.1) is 0 Å². The number of halogens is 2. The molecule has 0 heterocycles. The van der Waals surface area contributed by atoms with Crippen LogP contribution in [0.2, 0.25) is 5.02 Å². The predicted molar refractivity (Wildman–Crippen MR) is 108 cm³/mol. The number of hydrogen-bond donors (Lipinski definition) is 1. The van der Waals surface area contributed by atoms with Gasteiger partial charge in [0.2, 0.25) is 0 Å². The molecule has 0 bridgehead atoms. The van der Waals surface area contributed by atoms with Crippen molar-refractivity contribution in [1.82, 2.24) is 5.32 Å². The molecule has 1 saturated carbocycles. The van der Waals surface area contributed by atoms with Crippen LogP contribution in [0.1, 0.15) is 41.6 Å². The minimum Gasteiger partial charge on any atom is -0.349 e. The summed E-state index contributed by atoms with van der Waals surface area (Å²) in [6.45, 7) is 1.88. The zero-order valence-electron chi connectivity index (χ0n) is 15.6. The van der Waals surface area contributed by atoms with E-state index in [2.05, 4.69) is 5.32 Å². The van der Waals surface area contributed by atoms with E-state index in [1.165, 1.54) is 18.2 Å². The quantitative estimate of drug-likeness (QED) is 0.767. The second kappa shape index (κ2) is 8.62. The molecule has 1 aliphatic carbocycles. The lowest BCUT2D eigenvalue weighted by molar-refractivity contribution is 0.0923. The van der Waals surface area contributed by atoms with Gasteiger partial charge < -0.3 is 5.32 Å². The maximum Gasteiger partial charge on any atom is 0.251 e. The van der Waals surface area contributed by atoms with Crippen LogP contribution in [0.25, 0.3) is 0 Å². The molecule has 0 spiro atoms. The van der Waals surface area contributed by atoms with E-state index in [-0.39, 0.29) is 28.6 Å². The molecule has 2 aromatic carbocycles. The largest absolute Gasteiger partial charge is 0.349 e. The van der Waals surface area contributed by atoms with Gasteiger partial charge in [0, 0.05) is 11.6 Å². The van der Waals surface area contributed by atoms with E-state index >= 15 is 0 Å². The molecule has 0 aliphatic heterocycles. The second-order valence-corrected chi connectivity index (χ2v) is 9.86. The van der Waals surface area contributed by atoms with Crippen LogP contribution in [0.4, 0.5) is 4.39 Å². The highest BCUT2D eigenvalue weighted by Crippen LogP contribution is 2.28. The molecule has 28 heavy (non-hydrogen) atoms. The first-order valence-corrected chi connectivity index (χ1v) is 11.3. The lowest BCUT2D eigenvalue weighted by atomic mass is 9.87. The molecular formula is C21H23ClFNO3S. The van der Waals surface area contributed by atoms with E-state index in [1.54, 1.807) is 18.2 Å². The van der Waals surface area contributed by atoms with Crippen molar-refractivity contribution >= 4 is 27.3 Å². The highest BCUT2D eigenvalue weighted by atomic mass is 35.5. The molecule has 2 aromatic rings. The number of rotatable bonds is 5. The summed E-state index contributed by atoms with van der Waals surface area (Å²) in [6.07, 6.45) is 2.91. The van der Waals surface area contributed by atoms with Crippen LogP contribution in [0.15, 0.2) is 47.4 Å². The first-order valence-electron chi connectivity index (χ1n) is 9.30. The average molecular weight is 424 g/mol. The van der Waals surface area contributed by atoms with Gasteiger partial charge in [-0.1, -0.05) is 23.7 Å². The Hall–Kier alpha value is -1.92. The monoisotopic (exact) mass is 423 g/mol. The van der Waals surface area contributed by atoms with Crippen LogP contribution < -0.4 is 5.32 Å². The van der Waals surface area contributed by atoms with Crippen LogP contribution in [0.5, 0.6) is 0 Å². The molecule has 0 atom stereocenters. The Morgan fingerprint density at radius 2 is 1.86 bits per heavy atom. The number of sulfone groups is 1. The van der Waals surface area contributed by atoms with Crippen molar-refractivity contribution in [2.45, 2.75) is 43.5 Å². The molecule has 4 nitrogen and oxygen atoms in total. The summed E-state index contributed by atoms with van der Waals surface area (Å²) in [5, 5.41) is 2.85. The third-order valence-electron chi connectivity index (χ3n) is 5.17. The molecular weight excluding hydrogens is 401 g/mol. The fourth-order valence-corrected chi connectivity index (χ4v) is 5.57. The summed E-state index contributed by atoms with van der Waals surface area (Å²) in [5.41, 5.74) is 1.24. The van der Waals surface area contributed by atoms with Gasteiger partial charge in [-0.25, -0.2) is 12.8 Å². The van der Waals surface area contributed by atoms with Gasteiger partial charge in [0.25, 0.3) is 5.91 Å². The van der Waals surface area contributed by atoms with Gasteiger partial charge in [-0.3, -0.25) is 4.79 Å². The first-order chi connectivity index (χ1) is 13.2. The van der Waals surface area contributed by atoms with Crippen molar-refractivity contribution in [1.29, 1.82) is 0 Å². The predicted octanol–water partition coefficient (Wildman–Crippen LogP) is 4.55. The maximum atomic E-state index is 13.2. The normalized spacial score (nSPS) is 20.0. The van der Waals surface area contributed by atoms with Crippen LogP contribution in [0, 0.1) is 18.7 Å². The van der Waals surface area contributed by atoms with E-state index in [0.717, 1.165) is 18.4 Å². The Balaban J connectivity index is 1.54. The van der Waals surface area contributed by atoms with E-state index in [0.29, 0.717) is 23.3 Å². The van der Waals surface area contributed by atoms with Gasteiger partial charge in [0.15, 0.2) is 9.84 Å². The molecule has 150 valence electrons. The smallest absolute Gasteiger partial charge is 0.251 e. The standard InChI is InChI=1S/C21H23ClFNO3S/c1-14-3-2-4-18(11-14)28(26,27)13-15-5-8-17(9-6-15)24-21(25)16-7-10-20(23)19(22)12-16/h2-4,7,10-12,15,17H,5-6,8-9,13H2,1H3,(H,24,25)/t15-,17+. The van der Waals surface area contributed by atoms with Gasteiger partial charge in [0.1, 0.15) is 5.82 Å². The van der Waals surface area contributed by atoms with Crippen molar-refractivity contribution < 1.29 is 17.6 Å². The molecule has 7 heteroatoms. The topological polar surface area (TPSA) is 63.2 Å². The van der Waals surface area contributed by atoms with Gasteiger partial charge in [-0.2, -0.15) is 0 Å². The van der Waals surface area contributed by atoms with E-state index in [1.807, 2.05) is 13.0 Å². The van der Waals surface area contributed by atoms with E-state index < -0.39 is 15.7 Å². The van der Waals surface area contributed by atoms with E-state index in [4.69, 9.17) is 11.6 Å². The molecule has 1 fully saturated rings. The molecule has 0 unspecified atom stereocenters. The van der Waals surface area contributed by atoms with Crippen molar-refractivity contribution in [3.63, 3.8) is 0 Å². The number of carbonyl (C=O) groups is 1. The second-order valence-electron chi connectivity index (χ2n) is 7.42. The van der Waals surface area contributed by atoms with Crippen LogP contribution >= 0.6 is 11.6 Å². The summed E-state index contributed by atoms with van der Waals surface area (Å²) >= 11 is 5.73. The first kappa shape index (κ1) is 20.8. The highest BCUT2D eigenvalue weighted by molar-refractivity contribution is 7.91. The SMILES string of the molecule is Cc1cccc(S(=O)(=O)C[C@H]2CC[C@@H](NC(=O)c3ccc(F)c(Cl)c3)CC2)c1. The number of aryl methyl sites for hydroxylation is 1. The van der Waals surface area contributed by atoms with Crippen molar-refractivity contribution in [3.05, 3.63) is 64.4 Å². The summed E-state index contributed by atoms with van der Waals surface area (Å²) in [7, 11) is -3.31. The molecule has 3 rings (SSSR count). The number of benzene rings is 2. The summed E-state index contributed by atoms with van der Waals surface area (Å²) in [4.78, 5) is 12.7. The van der Waals surface area contributed by atoms with Gasteiger partial charge in [0.05, 0.1) is 15.7 Å². The number of nitrogens with one attached hydrogen (secondary N) is 1. The average Bonchev–Trinajstić information content (AvgIpc) is 2.65.